The summed E-state index contributed by atoms with van der Waals surface area (Å²) >= 11 is 0. The smallest absolute Gasteiger partial charge is 0.0679 e. The van der Waals surface area contributed by atoms with E-state index in [2.05, 4.69) is 46.7 Å². The van der Waals surface area contributed by atoms with E-state index in [4.69, 9.17) is 0 Å². The highest BCUT2D eigenvalue weighted by atomic mass is 15.3. The van der Waals surface area contributed by atoms with Crippen LogP contribution >= 0.6 is 0 Å². The van der Waals surface area contributed by atoms with Crippen molar-refractivity contribution in [3.05, 3.63) is 30.3 Å². The molecule has 1 aliphatic rings. The number of piperazine rings is 1. The van der Waals surface area contributed by atoms with E-state index in [1.807, 2.05) is 6.07 Å². The average molecular weight is 205 g/mol. The van der Waals surface area contributed by atoms with Crippen LogP contribution in [-0.2, 0) is 0 Å². The summed E-state index contributed by atoms with van der Waals surface area (Å²) in [6.45, 7) is 6.52. The molecule has 0 aliphatic carbocycles. The lowest BCUT2D eigenvalue weighted by Crippen LogP contribution is -2.50. The molecule has 15 heavy (non-hydrogen) atoms. The van der Waals surface area contributed by atoms with E-state index in [0.29, 0.717) is 6.04 Å². The molecular formula is C12H19N3. The molecular weight excluding hydrogens is 186 g/mol. The Morgan fingerprint density at radius 1 is 1.40 bits per heavy atom. The summed E-state index contributed by atoms with van der Waals surface area (Å²) in [7, 11) is 0. The SMILES string of the molecule is C[C@@H]1CN(CNc2ccccc2)CCN1. The second-order valence-corrected chi connectivity index (χ2v) is 4.13. The van der Waals surface area contributed by atoms with Gasteiger partial charge >= 0.3 is 0 Å². The van der Waals surface area contributed by atoms with Gasteiger partial charge in [0.05, 0.1) is 6.67 Å². The third-order valence-electron chi connectivity index (χ3n) is 2.73. The first-order valence-electron chi connectivity index (χ1n) is 5.59. The molecule has 0 amide bonds. The number of hydrogen-bond acceptors (Lipinski definition) is 3. The highest BCUT2D eigenvalue weighted by Crippen LogP contribution is 2.05. The fourth-order valence-corrected chi connectivity index (χ4v) is 1.91. The molecule has 1 aromatic rings. The summed E-state index contributed by atoms with van der Waals surface area (Å²) in [6.07, 6.45) is 0. The first kappa shape index (κ1) is 10.5. The summed E-state index contributed by atoms with van der Waals surface area (Å²) in [5.41, 5.74) is 1.20. The van der Waals surface area contributed by atoms with Crippen molar-refractivity contribution in [2.45, 2.75) is 13.0 Å². The van der Waals surface area contributed by atoms with Crippen LogP contribution in [0.2, 0.25) is 0 Å². The Balaban J connectivity index is 1.78. The third kappa shape index (κ3) is 3.22. The van der Waals surface area contributed by atoms with Gasteiger partial charge in [-0.2, -0.15) is 0 Å². The van der Waals surface area contributed by atoms with Gasteiger partial charge in [0.2, 0.25) is 0 Å². The summed E-state index contributed by atoms with van der Waals surface area (Å²) in [4.78, 5) is 2.44. The molecule has 1 fully saturated rings. The van der Waals surface area contributed by atoms with Crippen molar-refractivity contribution in [3.8, 4) is 0 Å². The minimum absolute atomic E-state index is 0.608. The molecule has 1 atom stereocenters. The molecule has 82 valence electrons. The average Bonchev–Trinajstić information content (AvgIpc) is 2.28. The van der Waals surface area contributed by atoms with Crippen LogP contribution in [0.3, 0.4) is 0 Å². The van der Waals surface area contributed by atoms with E-state index in [1.165, 1.54) is 5.69 Å². The highest BCUT2D eigenvalue weighted by molar-refractivity contribution is 5.42. The van der Waals surface area contributed by atoms with Gasteiger partial charge in [-0.15, -0.1) is 0 Å². The fourth-order valence-electron chi connectivity index (χ4n) is 1.91. The Kier molecular flexibility index (Phi) is 3.59. The van der Waals surface area contributed by atoms with Gasteiger partial charge in [-0.3, -0.25) is 4.90 Å². The van der Waals surface area contributed by atoms with Gasteiger partial charge in [-0.25, -0.2) is 0 Å². The van der Waals surface area contributed by atoms with E-state index in [9.17, 15) is 0 Å². The molecule has 2 N–H and O–H groups in total. The standard InChI is InChI=1S/C12H19N3/c1-11-9-15(8-7-13-11)10-14-12-5-3-2-4-6-12/h2-6,11,13-14H,7-10H2,1H3/t11-/m1/s1. The Bertz CT molecular complexity index is 286. The van der Waals surface area contributed by atoms with Crippen LogP contribution in [0.15, 0.2) is 30.3 Å². The molecule has 1 aromatic carbocycles. The van der Waals surface area contributed by atoms with Crippen LogP contribution in [0.5, 0.6) is 0 Å². The number of hydrogen-bond donors (Lipinski definition) is 2. The molecule has 0 radical (unpaired) electrons. The Labute approximate surface area is 91.5 Å². The van der Waals surface area contributed by atoms with Gasteiger partial charge < -0.3 is 10.6 Å². The monoisotopic (exact) mass is 205 g/mol. The van der Waals surface area contributed by atoms with Crippen LogP contribution in [-0.4, -0.2) is 37.2 Å². The number of nitrogens with one attached hydrogen (secondary N) is 2. The molecule has 3 heteroatoms. The lowest BCUT2D eigenvalue weighted by molar-refractivity contribution is 0.220. The molecule has 1 aliphatic heterocycles. The largest absolute Gasteiger partial charge is 0.372 e. The highest BCUT2D eigenvalue weighted by Gasteiger charge is 2.14. The van der Waals surface area contributed by atoms with Gasteiger partial charge in [0.15, 0.2) is 0 Å². The van der Waals surface area contributed by atoms with Gasteiger partial charge in [-0.1, -0.05) is 18.2 Å². The molecule has 0 bridgehead atoms. The van der Waals surface area contributed by atoms with Crippen molar-refractivity contribution in [3.63, 3.8) is 0 Å². The summed E-state index contributed by atoms with van der Waals surface area (Å²) in [5.74, 6) is 0. The van der Waals surface area contributed by atoms with Crippen molar-refractivity contribution in [2.75, 3.05) is 31.6 Å². The van der Waals surface area contributed by atoms with E-state index < -0.39 is 0 Å². The van der Waals surface area contributed by atoms with E-state index in [0.717, 1.165) is 26.3 Å². The second kappa shape index (κ2) is 5.14. The van der Waals surface area contributed by atoms with Crippen LogP contribution < -0.4 is 10.6 Å². The lowest BCUT2D eigenvalue weighted by Gasteiger charge is -2.32. The number of anilines is 1. The number of benzene rings is 1. The van der Waals surface area contributed by atoms with Crippen molar-refractivity contribution in [1.82, 2.24) is 10.2 Å². The lowest BCUT2D eigenvalue weighted by atomic mass is 10.2. The minimum Gasteiger partial charge on any atom is -0.372 e. The van der Waals surface area contributed by atoms with Gasteiger partial charge in [-0.05, 0) is 19.1 Å². The van der Waals surface area contributed by atoms with E-state index >= 15 is 0 Å². The minimum atomic E-state index is 0.608. The summed E-state index contributed by atoms with van der Waals surface area (Å²) in [6, 6.07) is 11.0. The predicted molar refractivity (Wildman–Crippen MR) is 64.0 cm³/mol. The molecule has 0 unspecified atom stereocenters. The maximum Gasteiger partial charge on any atom is 0.0679 e. The molecule has 2 rings (SSSR count). The first-order chi connectivity index (χ1) is 7.34. The number of rotatable bonds is 3. The predicted octanol–water partition coefficient (Wildman–Crippen LogP) is 1.35. The summed E-state index contributed by atoms with van der Waals surface area (Å²) in [5, 5.41) is 6.87. The molecule has 0 spiro atoms. The molecule has 1 heterocycles. The van der Waals surface area contributed by atoms with Crippen LogP contribution in [0.4, 0.5) is 5.69 Å². The van der Waals surface area contributed by atoms with Gasteiger partial charge in [0.25, 0.3) is 0 Å². The van der Waals surface area contributed by atoms with E-state index in [1.54, 1.807) is 0 Å². The normalized spacial score (nSPS) is 22.6. The second-order valence-electron chi connectivity index (χ2n) is 4.13. The number of nitrogens with zero attached hydrogens (tertiary/aromatic N) is 1. The zero-order valence-electron chi connectivity index (χ0n) is 9.24. The maximum absolute atomic E-state index is 3.44. The molecule has 3 nitrogen and oxygen atoms in total. The van der Waals surface area contributed by atoms with Crippen LogP contribution in [0, 0.1) is 0 Å². The fraction of sp³-hybridized carbons (Fsp3) is 0.500. The Morgan fingerprint density at radius 3 is 2.93 bits per heavy atom. The van der Waals surface area contributed by atoms with Crippen molar-refractivity contribution >= 4 is 5.69 Å². The molecule has 1 saturated heterocycles. The Morgan fingerprint density at radius 2 is 2.20 bits per heavy atom. The summed E-state index contributed by atoms with van der Waals surface area (Å²) < 4.78 is 0. The van der Waals surface area contributed by atoms with Crippen molar-refractivity contribution in [1.29, 1.82) is 0 Å². The molecule has 0 aromatic heterocycles. The zero-order valence-corrected chi connectivity index (χ0v) is 9.24. The van der Waals surface area contributed by atoms with Crippen LogP contribution in [0.25, 0.3) is 0 Å². The maximum atomic E-state index is 3.44. The quantitative estimate of drug-likeness (QED) is 0.780. The molecule has 0 saturated carbocycles. The van der Waals surface area contributed by atoms with Crippen LogP contribution in [0.1, 0.15) is 6.92 Å². The van der Waals surface area contributed by atoms with Crippen molar-refractivity contribution in [2.24, 2.45) is 0 Å². The van der Waals surface area contributed by atoms with Gasteiger partial charge in [0, 0.05) is 31.4 Å². The van der Waals surface area contributed by atoms with E-state index in [-0.39, 0.29) is 0 Å². The topological polar surface area (TPSA) is 27.3 Å². The zero-order chi connectivity index (χ0) is 10.5. The Hall–Kier alpha value is -1.06. The number of para-hydroxylation sites is 1. The third-order valence-corrected chi connectivity index (χ3v) is 2.73. The van der Waals surface area contributed by atoms with Gasteiger partial charge in [0.1, 0.15) is 0 Å². The van der Waals surface area contributed by atoms with Crippen molar-refractivity contribution < 1.29 is 0 Å². The first-order valence-corrected chi connectivity index (χ1v) is 5.59.